The molecule has 1 unspecified atom stereocenters. The van der Waals surface area contributed by atoms with Crippen LogP contribution in [0.15, 0.2) is 18.6 Å². The second-order valence-corrected chi connectivity index (χ2v) is 4.82. The van der Waals surface area contributed by atoms with Crippen molar-refractivity contribution in [1.29, 1.82) is 5.26 Å². The summed E-state index contributed by atoms with van der Waals surface area (Å²) >= 11 is 0. The normalized spacial score (nSPS) is 19.7. The number of hydrogen-bond donors (Lipinski definition) is 0. The van der Waals surface area contributed by atoms with E-state index in [1.54, 1.807) is 17.2 Å². The molecule has 1 aliphatic heterocycles. The topological polar surface area (TPSA) is 75.6 Å². The average molecular weight is 257 g/mol. The van der Waals surface area contributed by atoms with E-state index in [0.717, 1.165) is 31.7 Å². The molecule has 19 heavy (non-hydrogen) atoms. The van der Waals surface area contributed by atoms with E-state index in [9.17, 15) is 0 Å². The number of aryl methyl sites for hydroxylation is 1. The maximum absolute atomic E-state index is 8.81. The molecule has 1 atom stereocenters. The molecule has 2 aromatic heterocycles. The van der Waals surface area contributed by atoms with E-state index < -0.39 is 0 Å². The van der Waals surface area contributed by atoms with E-state index in [2.05, 4.69) is 26.3 Å². The van der Waals surface area contributed by atoms with E-state index in [-0.39, 0.29) is 0 Å². The SMILES string of the molecule is Cn1ncc(CN2CCC(n3cc(C#N)cn3)C2)n1. The van der Waals surface area contributed by atoms with Gasteiger partial charge in [-0.2, -0.15) is 25.4 Å². The van der Waals surface area contributed by atoms with Crippen molar-refractivity contribution in [2.75, 3.05) is 13.1 Å². The Morgan fingerprint density at radius 3 is 3.00 bits per heavy atom. The zero-order valence-electron chi connectivity index (χ0n) is 10.8. The molecule has 1 aliphatic rings. The highest BCUT2D eigenvalue weighted by molar-refractivity contribution is 5.22. The molecule has 2 aromatic rings. The molecule has 0 spiro atoms. The van der Waals surface area contributed by atoms with Gasteiger partial charge in [0.2, 0.25) is 0 Å². The van der Waals surface area contributed by atoms with Gasteiger partial charge in [0.15, 0.2) is 0 Å². The van der Waals surface area contributed by atoms with Crippen molar-refractivity contribution in [3.8, 4) is 6.07 Å². The fourth-order valence-electron chi connectivity index (χ4n) is 2.46. The van der Waals surface area contributed by atoms with Crippen LogP contribution in [0.2, 0.25) is 0 Å². The van der Waals surface area contributed by atoms with Crippen molar-refractivity contribution in [3.63, 3.8) is 0 Å². The second kappa shape index (κ2) is 4.82. The molecular weight excluding hydrogens is 242 g/mol. The van der Waals surface area contributed by atoms with Crippen LogP contribution >= 0.6 is 0 Å². The van der Waals surface area contributed by atoms with Gasteiger partial charge in [-0.3, -0.25) is 9.58 Å². The maximum atomic E-state index is 8.81. The van der Waals surface area contributed by atoms with Crippen molar-refractivity contribution in [2.24, 2.45) is 7.05 Å². The first kappa shape index (κ1) is 11.9. The van der Waals surface area contributed by atoms with Crippen LogP contribution in [0.1, 0.15) is 23.7 Å². The minimum absolute atomic E-state index is 0.346. The van der Waals surface area contributed by atoms with Crippen LogP contribution in [-0.2, 0) is 13.6 Å². The highest BCUT2D eigenvalue weighted by Crippen LogP contribution is 2.22. The van der Waals surface area contributed by atoms with Crippen LogP contribution in [0.25, 0.3) is 0 Å². The lowest BCUT2D eigenvalue weighted by Crippen LogP contribution is -2.21. The van der Waals surface area contributed by atoms with Crippen LogP contribution in [0.5, 0.6) is 0 Å². The second-order valence-electron chi connectivity index (χ2n) is 4.82. The standard InChI is InChI=1S/C12H15N7/c1-17-14-6-11(16-17)8-18-3-2-12(9-18)19-7-10(4-13)5-15-19/h5-7,12H,2-3,8-9H2,1H3. The van der Waals surface area contributed by atoms with Gasteiger partial charge in [0.05, 0.1) is 29.7 Å². The van der Waals surface area contributed by atoms with E-state index >= 15 is 0 Å². The van der Waals surface area contributed by atoms with Crippen LogP contribution in [0.4, 0.5) is 0 Å². The number of hydrogen-bond acceptors (Lipinski definition) is 5. The van der Waals surface area contributed by atoms with Gasteiger partial charge in [-0.25, -0.2) is 0 Å². The molecule has 3 heterocycles. The fourth-order valence-corrected chi connectivity index (χ4v) is 2.46. The summed E-state index contributed by atoms with van der Waals surface area (Å²) < 4.78 is 1.90. The Morgan fingerprint density at radius 2 is 2.32 bits per heavy atom. The lowest BCUT2D eigenvalue weighted by atomic mass is 10.3. The Balaban J connectivity index is 1.62. The Hall–Kier alpha value is -2.20. The van der Waals surface area contributed by atoms with E-state index in [4.69, 9.17) is 5.26 Å². The molecule has 0 amide bonds. The lowest BCUT2D eigenvalue weighted by Gasteiger charge is -2.14. The van der Waals surface area contributed by atoms with Gasteiger partial charge in [-0.1, -0.05) is 0 Å². The Kier molecular flexibility index (Phi) is 3.01. The van der Waals surface area contributed by atoms with Crippen LogP contribution in [0.3, 0.4) is 0 Å². The van der Waals surface area contributed by atoms with Gasteiger partial charge in [-0.15, -0.1) is 0 Å². The van der Waals surface area contributed by atoms with Gasteiger partial charge < -0.3 is 0 Å². The molecule has 98 valence electrons. The smallest absolute Gasteiger partial charge is 0.102 e. The van der Waals surface area contributed by atoms with Crippen LogP contribution in [-0.4, -0.2) is 42.8 Å². The average Bonchev–Trinajstić information content (AvgIpc) is 3.10. The summed E-state index contributed by atoms with van der Waals surface area (Å²) in [4.78, 5) is 3.91. The Labute approximate surface area is 111 Å². The monoisotopic (exact) mass is 257 g/mol. The maximum Gasteiger partial charge on any atom is 0.102 e. The molecule has 0 bridgehead atoms. The fraction of sp³-hybridized carbons (Fsp3) is 0.500. The third-order valence-corrected chi connectivity index (χ3v) is 3.38. The molecule has 7 nitrogen and oxygen atoms in total. The first-order valence-corrected chi connectivity index (χ1v) is 6.26. The quantitative estimate of drug-likeness (QED) is 0.792. The minimum atomic E-state index is 0.346. The molecular formula is C12H15N7. The zero-order valence-corrected chi connectivity index (χ0v) is 10.8. The summed E-state index contributed by atoms with van der Waals surface area (Å²) in [6, 6.07) is 2.45. The van der Waals surface area contributed by atoms with Crippen molar-refractivity contribution >= 4 is 0 Å². The molecule has 0 radical (unpaired) electrons. The summed E-state index contributed by atoms with van der Waals surface area (Å²) in [5, 5.41) is 21.4. The third-order valence-electron chi connectivity index (χ3n) is 3.38. The van der Waals surface area contributed by atoms with Gasteiger partial charge in [0.1, 0.15) is 6.07 Å². The highest BCUT2D eigenvalue weighted by Gasteiger charge is 2.25. The van der Waals surface area contributed by atoms with Gasteiger partial charge in [0, 0.05) is 32.9 Å². The van der Waals surface area contributed by atoms with E-state index in [1.807, 2.05) is 17.9 Å². The number of nitrogens with zero attached hydrogens (tertiary/aromatic N) is 7. The number of likely N-dealkylation sites (tertiary alicyclic amines) is 1. The summed E-state index contributed by atoms with van der Waals surface area (Å²) in [6.45, 7) is 2.77. The largest absolute Gasteiger partial charge is 0.295 e. The number of nitriles is 1. The summed E-state index contributed by atoms with van der Waals surface area (Å²) in [7, 11) is 1.82. The predicted octanol–water partition coefficient (Wildman–Crippen LogP) is 0.330. The molecule has 0 aromatic carbocycles. The van der Waals surface area contributed by atoms with Crippen molar-refractivity contribution in [2.45, 2.75) is 19.0 Å². The molecule has 0 aliphatic carbocycles. The molecule has 1 saturated heterocycles. The summed E-state index contributed by atoms with van der Waals surface area (Å²) in [5.74, 6) is 0. The molecule has 1 fully saturated rings. The summed E-state index contributed by atoms with van der Waals surface area (Å²) in [6.07, 6.45) is 6.28. The van der Waals surface area contributed by atoms with E-state index in [1.165, 1.54) is 0 Å². The number of aromatic nitrogens is 5. The van der Waals surface area contributed by atoms with Gasteiger partial charge >= 0.3 is 0 Å². The number of rotatable bonds is 3. The van der Waals surface area contributed by atoms with Crippen molar-refractivity contribution in [3.05, 3.63) is 29.8 Å². The summed E-state index contributed by atoms with van der Waals surface area (Å²) in [5.41, 5.74) is 1.61. The van der Waals surface area contributed by atoms with Crippen LogP contribution in [0, 0.1) is 11.3 Å². The molecule has 7 heteroatoms. The van der Waals surface area contributed by atoms with E-state index in [0.29, 0.717) is 11.6 Å². The Bertz CT molecular complexity index is 606. The molecule has 0 saturated carbocycles. The van der Waals surface area contributed by atoms with Crippen molar-refractivity contribution in [1.82, 2.24) is 29.7 Å². The van der Waals surface area contributed by atoms with Gasteiger partial charge in [-0.05, 0) is 6.42 Å². The third kappa shape index (κ3) is 2.48. The first-order chi connectivity index (χ1) is 9.24. The Morgan fingerprint density at radius 1 is 1.42 bits per heavy atom. The zero-order chi connectivity index (χ0) is 13.2. The van der Waals surface area contributed by atoms with Crippen LogP contribution < -0.4 is 0 Å². The highest BCUT2D eigenvalue weighted by atomic mass is 15.5. The molecule has 3 rings (SSSR count). The van der Waals surface area contributed by atoms with Gasteiger partial charge in [0.25, 0.3) is 0 Å². The molecule has 0 N–H and O–H groups in total. The lowest BCUT2D eigenvalue weighted by molar-refractivity contribution is 0.307. The first-order valence-electron chi connectivity index (χ1n) is 6.26. The predicted molar refractivity (Wildman–Crippen MR) is 66.9 cm³/mol. The van der Waals surface area contributed by atoms with Crippen molar-refractivity contribution < 1.29 is 0 Å². The minimum Gasteiger partial charge on any atom is -0.295 e.